The zero-order valence-corrected chi connectivity index (χ0v) is 37.7. The monoisotopic (exact) mass is 697 g/mol. The van der Waals surface area contributed by atoms with Gasteiger partial charge in [-0.3, -0.25) is 0 Å². The van der Waals surface area contributed by atoms with Crippen LogP contribution in [0.15, 0.2) is 0 Å². The topological polar surface area (TPSA) is 0 Å². The first-order chi connectivity index (χ1) is 23.9. The minimum absolute atomic E-state index is 0.904. The molecule has 0 unspecified atom stereocenters. The molecule has 49 heavy (non-hydrogen) atoms. The van der Waals surface area contributed by atoms with E-state index in [-0.39, 0.29) is 0 Å². The summed E-state index contributed by atoms with van der Waals surface area (Å²) < 4.78 is 0. The fraction of sp³-hybridized carbons (Fsp3) is 1.00. The molecule has 0 nitrogen and oxygen atoms in total. The molecule has 0 aliphatic rings. The Balaban J connectivity index is -0.000000167. The molecule has 0 N–H and O–H groups in total. The summed E-state index contributed by atoms with van der Waals surface area (Å²) in [4.78, 5) is 0. The van der Waals surface area contributed by atoms with Gasteiger partial charge >= 0.3 is 0 Å². The highest BCUT2D eigenvalue weighted by Gasteiger charge is 1.93. The highest BCUT2D eigenvalue weighted by atomic mass is 14.0. The SMILES string of the molecule is CCCCCCC.CCCCCCC(C)C.CCCCCCCCC.CCCCCCCCCCC.CCCCCCCCCCCCC. The van der Waals surface area contributed by atoms with Gasteiger partial charge in [-0.1, -0.05) is 314 Å². The Morgan fingerprint density at radius 1 is 0.184 bits per heavy atom. The number of rotatable bonds is 33. The molecule has 0 aliphatic heterocycles. The lowest BCUT2D eigenvalue weighted by molar-refractivity contribution is 0.525. The minimum atomic E-state index is 0.904. The van der Waals surface area contributed by atoms with E-state index in [1.165, 1.54) is 238 Å². The average Bonchev–Trinajstić information content (AvgIpc) is 3.10. The molecule has 304 valence electrons. The van der Waals surface area contributed by atoms with E-state index in [4.69, 9.17) is 0 Å². The lowest BCUT2D eigenvalue weighted by atomic mass is 10.1. The van der Waals surface area contributed by atoms with Gasteiger partial charge in [-0.05, 0) is 5.92 Å². The Morgan fingerprint density at radius 3 is 0.449 bits per heavy atom. The van der Waals surface area contributed by atoms with Crippen molar-refractivity contribution in [3.63, 3.8) is 0 Å². The zero-order valence-electron chi connectivity index (χ0n) is 37.7. The van der Waals surface area contributed by atoms with Crippen molar-refractivity contribution in [1.82, 2.24) is 0 Å². The van der Waals surface area contributed by atoms with Gasteiger partial charge in [0.1, 0.15) is 0 Å². The van der Waals surface area contributed by atoms with E-state index >= 15 is 0 Å². The van der Waals surface area contributed by atoms with Gasteiger partial charge < -0.3 is 0 Å². The zero-order chi connectivity index (χ0) is 37.7. The average molecular weight is 697 g/mol. The second-order valence-electron chi connectivity index (χ2n) is 15.7. The fourth-order valence-corrected chi connectivity index (χ4v) is 5.81. The Kier molecular flexibility index (Phi) is 78.9. The van der Waals surface area contributed by atoms with Crippen LogP contribution in [-0.2, 0) is 0 Å². The maximum atomic E-state index is 2.30. The van der Waals surface area contributed by atoms with E-state index < -0.39 is 0 Å². The number of unbranched alkanes of at least 4 members (excludes halogenated alkanes) is 31. The Morgan fingerprint density at radius 2 is 0.306 bits per heavy atom. The van der Waals surface area contributed by atoms with Gasteiger partial charge in [0.2, 0.25) is 0 Å². The molecule has 0 aromatic carbocycles. The maximum absolute atomic E-state index is 2.30. The Hall–Kier alpha value is 0. The van der Waals surface area contributed by atoms with Crippen LogP contribution in [-0.4, -0.2) is 0 Å². The summed E-state index contributed by atoms with van der Waals surface area (Å²) in [6.07, 6.45) is 52.9. The van der Waals surface area contributed by atoms with Crippen LogP contribution in [0.4, 0.5) is 0 Å². The van der Waals surface area contributed by atoms with E-state index in [0.29, 0.717) is 0 Å². The van der Waals surface area contributed by atoms with E-state index in [0.717, 1.165) is 5.92 Å². The van der Waals surface area contributed by atoms with Crippen molar-refractivity contribution < 1.29 is 0 Å². The number of hydrogen-bond acceptors (Lipinski definition) is 0. The summed E-state index contributed by atoms with van der Waals surface area (Å²) in [5.74, 6) is 0.904. The summed E-state index contributed by atoms with van der Waals surface area (Å²) in [7, 11) is 0. The van der Waals surface area contributed by atoms with Crippen molar-refractivity contribution >= 4 is 0 Å². The van der Waals surface area contributed by atoms with Crippen LogP contribution in [0.25, 0.3) is 0 Å². The van der Waals surface area contributed by atoms with Crippen LogP contribution in [0.3, 0.4) is 0 Å². The van der Waals surface area contributed by atoms with Crippen molar-refractivity contribution in [3.8, 4) is 0 Å². The van der Waals surface area contributed by atoms with Gasteiger partial charge in [-0.25, -0.2) is 0 Å². The predicted octanol–water partition coefficient (Wildman–Crippen LogP) is 20.2. The van der Waals surface area contributed by atoms with E-state index in [1.807, 2.05) is 0 Å². The quantitative estimate of drug-likeness (QED) is 0.0599. The molecule has 0 aromatic rings. The largest absolute Gasteiger partial charge is 0.0654 e. The smallest absolute Gasteiger partial charge is 0.0471 e. The number of hydrogen-bond donors (Lipinski definition) is 0. The second-order valence-corrected chi connectivity index (χ2v) is 15.7. The first kappa shape index (κ1) is 58.3. The lowest BCUT2D eigenvalue weighted by Crippen LogP contribution is -1.86. The first-order valence-electron chi connectivity index (χ1n) is 23.9. The molecule has 0 heterocycles. The molecule has 0 aromatic heterocycles. The van der Waals surface area contributed by atoms with Gasteiger partial charge in [-0.15, -0.1) is 0 Å². The van der Waals surface area contributed by atoms with Crippen molar-refractivity contribution in [2.45, 2.75) is 314 Å². The molecule has 0 fully saturated rings. The molecule has 0 radical (unpaired) electrons. The highest BCUT2D eigenvalue weighted by Crippen LogP contribution is 2.12. The molecule has 0 heteroatoms. The molecule has 0 amide bonds. The van der Waals surface area contributed by atoms with Crippen LogP contribution in [0.2, 0.25) is 0 Å². The highest BCUT2D eigenvalue weighted by molar-refractivity contribution is 4.48. The maximum Gasteiger partial charge on any atom is -0.0471 e. The molecule has 0 saturated heterocycles. The van der Waals surface area contributed by atoms with Gasteiger partial charge in [0, 0.05) is 0 Å². The van der Waals surface area contributed by atoms with Crippen molar-refractivity contribution in [3.05, 3.63) is 0 Å². The lowest BCUT2D eigenvalue weighted by Gasteiger charge is -2.01. The van der Waals surface area contributed by atoms with Crippen LogP contribution < -0.4 is 0 Å². The third-order valence-corrected chi connectivity index (χ3v) is 9.46. The molecule has 0 saturated carbocycles. The van der Waals surface area contributed by atoms with Gasteiger partial charge in [0.15, 0.2) is 0 Å². The summed E-state index contributed by atoms with van der Waals surface area (Å²) in [6.45, 7) is 25.0. The molecule has 0 bridgehead atoms. The molecular formula is C49H108. The molecule has 0 spiro atoms. The Labute approximate surface area is 318 Å². The van der Waals surface area contributed by atoms with Gasteiger partial charge in [-0.2, -0.15) is 0 Å². The third-order valence-electron chi connectivity index (χ3n) is 9.46. The second kappa shape index (κ2) is 66.3. The summed E-state index contributed by atoms with van der Waals surface area (Å²) in [6, 6.07) is 0. The molecule has 0 atom stereocenters. The normalized spacial score (nSPS) is 10.3. The van der Waals surface area contributed by atoms with Crippen LogP contribution in [0.1, 0.15) is 314 Å². The third kappa shape index (κ3) is 87.9. The van der Waals surface area contributed by atoms with E-state index in [1.54, 1.807) is 0 Å². The molecular weight excluding hydrogens is 589 g/mol. The summed E-state index contributed by atoms with van der Waals surface area (Å²) in [5.41, 5.74) is 0. The Bertz CT molecular complexity index is 396. The molecule has 0 rings (SSSR count). The van der Waals surface area contributed by atoms with Crippen molar-refractivity contribution in [1.29, 1.82) is 0 Å². The van der Waals surface area contributed by atoms with E-state index in [2.05, 4.69) is 76.2 Å². The van der Waals surface area contributed by atoms with Gasteiger partial charge in [0.25, 0.3) is 0 Å². The van der Waals surface area contributed by atoms with Crippen LogP contribution >= 0.6 is 0 Å². The fourth-order valence-electron chi connectivity index (χ4n) is 5.81. The molecule has 0 aliphatic carbocycles. The van der Waals surface area contributed by atoms with Crippen molar-refractivity contribution in [2.24, 2.45) is 5.92 Å². The summed E-state index contributed by atoms with van der Waals surface area (Å²) in [5, 5.41) is 0. The van der Waals surface area contributed by atoms with Crippen LogP contribution in [0.5, 0.6) is 0 Å². The first-order valence-corrected chi connectivity index (χ1v) is 23.9. The minimum Gasteiger partial charge on any atom is -0.0654 e. The summed E-state index contributed by atoms with van der Waals surface area (Å²) >= 11 is 0. The van der Waals surface area contributed by atoms with Gasteiger partial charge in [0.05, 0.1) is 0 Å². The van der Waals surface area contributed by atoms with Crippen LogP contribution in [0, 0.1) is 5.92 Å². The van der Waals surface area contributed by atoms with Crippen molar-refractivity contribution in [2.75, 3.05) is 0 Å². The predicted molar refractivity (Wildman–Crippen MR) is 237 cm³/mol. The van der Waals surface area contributed by atoms with E-state index in [9.17, 15) is 0 Å². The standard InChI is InChI=1S/C13H28.C11H24.2C9H20.C7H16/c1-3-5-7-9-11-13-12-10-8-6-4-2;1-3-5-7-9-11-10-8-6-4-2;1-4-5-6-7-8-9(2)3;1-3-5-7-9-8-6-4-2;1-3-5-7-6-4-2/h3-13H2,1-2H3;3-11H2,1-2H3;9H,4-8H2,1-3H3;3-9H2,1-2H3;3-7H2,1-2H3.